The average Bonchev–Trinajstić information content (AvgIpc) is 2.25. The molecule has 0 aliphatic carbocycles. The van der Waals surface area contributed by atoms with Crippen LogP contribution in [0.15, 0.2) is 0 Å². The number of hydrogen-bond donors (Lipinski definition) is 0. The van der Waals surface area contributed by atoms with Crippen LogP contribution in [0.5, 0.6) is 0 Å². The maximum Gasteiger partial charge on any atom is 0.223 e. The molecule has 0 rings (SSSR count). The summed E-state index contributed by atoms with van der Waals surface area (Å²) in [5, 5.41) is 0.544. The van der Waals surface area contributed by atoms with E-state index in [4.69, 9.17) is 0 Å². The van der Waals surface area contributed by atoms with Gasteiger partial charge in [-0.15, -0.1) is 0 Å². The van der Waals surface area contributed by atoms with Crippen molar-refractivity contribution in [2.24, 2.45) is 5.92 Å². The highest BCUT2D eigenvalue weighted by Gasteiger charge is 2.23. The van der Waals surface area contributed by atoms with Crippen LogP contribution >= 0.6 is 11.8 Å². The van der Waals surface area contributed by atoms with E-state index in [0.717, 1.165) is 5.75 Å². The van der Waals surface area contributed by atoms with Crippen molar-refractivity contribution in [3.8, 4) is 0 Å². The Bertz CT molecular complexity index is 264. The van der Waals surface area contributed by atoms with Gasteiger partial charge in [0, 0.05) is 25.1 Å². The van der Waals surface area contributed by atoms with E-state index in [0.29, 0.717) is 11.7 Å². The zero-order valence-electron chi connectivity index (χ0n) is 11.8. The second kappa shape index (κ2) is 7.75. The second-order valence-electron chi connectivity index (χ2n) is 4.91. The third-order valence-electron chi connectivity index (χ3n) is 2.72. The molecule has 0 aliphatic rings. The molecule has 17 heavy (non-hydrogen) atoms. The van der Waals surface area contributed by atoms with Crippen molar-refractivity contribution in [1.29, 1.82) is 0 Å². The molecule has 0 radical (unpaired) electrons. The lowest BCUT2D eigenvalue weighted by atomic mass is 10.0. The summed E-state index contributed by atoms with van der Waals surface area (Å²) in [6.45, 7) is 9.76. The van der Waals surface area contributed by atoms with E-state index in [9.17, 15) is 9.59 Å². The fraction of sp³-hybridized carbons (Fsp3) is 0.846. The summed E-state index contributed by atoms with van der Waals surface area (Å²) in [6.07, 6.45) is 0.509. The summed E-state index contributed by atoms with van der Waals surface area (Å²) in [4.78, 5) is 25.2. The molecule has 0 saturated heterocycles. The highest BCUT2D eigenvalue weighted by atomic mass is 32.2. The molecule has 0 aliphatic heterocycles. The van der Waals surface area contributed by atoms with Gasteiger partial charge in [0.15, 0.2) is 5.78 Å². The Kier molecular flexibility index (Phi) is 7.51. The van der Waals surface area contributed by atoms with Crippen molar-refractivity contribution in [2.45, 2.75) is 52.3 Å². The fourth-order valence-corrected chi connectivity index (χ4v) is 2.21. The molecule has 1 amide bonds. The summed E-state index contributed by atoms with van der Waals surface area (Å²) >= 11 is 1.77. The molecule has 1 atom stereocenters. The topological polar surface area (TPSA) is 37.4 Å². The molecule has 0 aromatic rings. The highest BCUT2D eigenvalue weighted by Crippen LogP contribution is 2.12. The quantitative estimate of drug-likeness (QED) is 0.705. The number of Topliss-reactive ketones (excluding diaryl/α,β-unsaturated/α-hetero) is 1. The molecule has 100 valence electrons. The van der Waals surface area contributed by atoms with Crippen molar-refractivity contribution >= 4 is 23.5 Å². The Hall–Kier alpha value is -0.510. The largest absolute Gasteiger partial charge is 0.336 e. The van der Waals surface area contributed by atoms with Crippen LogP contribution in [0, 0.1) is 5.92 Å². The van der Waals surface area contributed by atoms with Gasteiger partial charge in [0.2, 0.25) is 5.91 Å². The first-order valence-corrected chi connectivity index (χ1v) is 7.23. The summed E-state index contributed by atoms with van der Waals surface area (Å²) in [5.74, 6) is 0.978. The summed E-state index contributed by atoms with van der Waals surface area (Å²) in [5.41, 5.74) is 0. The van der Waals surface area contributed by atoms with Gasteiger partial charge in [0.1, 0.15) is 0 Å². The number of ketones is 1. The lowest BCUT2D eigenvalue weighted by Gasteiger charge is -2.25. The molecular formula is C13H25NO2S. The number of carbonyl (C=O) groups excluding carboxylic acids is 2. The van der Waals surface area contributed by atoms with Crippen molar-refractivity contribution in [2.75, 3.05) is 12.8 Å². The van der Waals surface area contributed by atoms with Crippen LogP contribution in [0.1, 0.15) is 41.0 Å². The Morgan fingerprint density at radius 3 is 2.06 bits per heavy atom. The lowest BCUT2D eigenvalue weighted by molar-refractivity contribution is -0.138. The first kappa shape index (κ1) is 16.5. The summed E-state index contributed by atoms with van der Waals surface area (Å²) in [7, 11) is 1.72. The molecule has 0 bridgehead atoms. The van der Waals surface area contributed by atoms with Crippen LogP contribution in [0.4, 0.5) is 0 Å². The van der Waals surface area contributed by atoms with Crippen molar-refractivity contribution in [1.82, 2.24) is 4.90 Å². The molecule has 0 aromatic carbocycles. The number of hydrogen-bond acceptors (Lipinski definition) is 3. The lowest BCUT2D eigenvalue weighted by Crippen LogP contribution is -2.42. The van der Waals surface area contributed by atoms with Gasteiger partial charge in [-0.2, -0.15) is 11.8 Å². The van der Waals surface area contributed by atoms with Crippen LogP contribution < -0.4 is 0 Å². The van der Waals surface area contributed by atoms with E-state index >= 15 is 0 Å². The molecule has 3 nitrogen and oxygen atoms in total. The van der Waals surface area contributed by atoms with E-state index < -0.39 is 0 Å². The highest BCUT2D eigenvalue weighted by molar-refractivity contribution is 7.99. The van der Waals surface area contributed by atoms with Gasteiger partial charge in [0.05, 0.1) is 6.04 Å². The molecule has 0 spiro atoms. The molecule has 0 heterocycles. The van der Waals surface area contributed by atoms with Crippen molar-refractivity contribution in [3.05, 3.63) is 0 Å². The number of thioether (sulfide) groups is 1. The van der Waals surface area contributed by atoms with Gasteiger partial charge in [-0.3, -0.25) is 9.59 Å². The minimum absolute atomic E-state index is 0.0229. The van der Waals surface area contributed by atoms with Crippen LogP contribution in [-0.2, 0) is 9.59 Å². The van der Waals surface area contributed by atoms with Gasteiger partial charge in [-0.1, -0.05) is 27.7 Å². The van der Waals surface area contributed by atoms with Gasteiger partial charge >= 0.3 is 0 Å². The summed E-state index contributed by atoms with van der Waals surface area (Å²) < 4.78 is 0. The number of nitrogens with zero attached hydrogens (tertiary/aromatic N) is 1. The zero-order valence-corrected chi connectivity index (χ0v) is 12.6. The Balaban J connectivity index is 4.16. The predicted octanol–water partition coefficient (Wildman–Crippen LogP) is 2.59. The summed E-state index contributed by atoms with van der Waals surface area (Å²) in [6, 6.07) is -0.313. The van der Waals surface area contributed by atoms with Gasteiger partial charge in [0.25, 0.3) is 0 Å². The maximum absolute atomic E-state index is 11.9. The monoisotopic (exact) mass is 259 g/mol. The molecule has 4 heteroatoms. The SMILES string of the molecule is CC(C)SCCC(=O)N(C)C(C)C(=O)C(C)C. The third kappa shape index (κ3) is 6.10. The zero-order chi connectivity index (χ0) is 13.6. The molecule has 0 saturated carbocycles. The van der Waals surface area contributed by atoms with E-state index in [-0.39, 0.29) is 23.7 Å². The molecule has 0 N–H and O–H groups in total. The fourth-order valence-electron chi connectivity index (χ4n) is 1.45. The van der Waals surface area contributed by atoms with Gasteiger partial charge < -0.3 is 4.90 Å². The Labute approximate surface area is 109 Å². The molecule has 0 aromatic heterocycles. The standard InChI is InChI=1S/C13H25NO2S/c1-9(2)13(16)11(5)14(6)12(15)7-8-17-10(3)4/h9-11H,7-8H2,1-6H3. The minimum Gasteiger partial charge on any atom is -0.336 e. The Morgan fingerprint density at radius 2 is 1.65 bits per heavy atom. The molecule has 1 unspecified atom stereocenters. The number of amides is 1. The number of rotatable bonds is 7. The minimum atomic E-state index is -0.313. The second-order valence-corrected chi connectivity index (χ2v) is 6.59. The normalized spacial score (nSPS) is 12.9. The molecule has 0 fully saturated rings. The van der Waals surface area contributed by atoms with Crippen LogP contribution in [0.3, 0.4) is 0 Å². The number of carbonyl (C=O) groups is 2. The third-order valence-corrected chi connectivity index (χ3v) is 3.83. The van der Waals surface area contributed by atoms with Crippen LogP contribution in [0.25, 0.3) is 0 Å². The average molecular weight is 259 g/mol. The van der Waals surface area contributed by atoms with Crippen LogP contribution in [-0.4, -0.2) is 40.7 Å². The van der Waals surface area contributed by atoms with Crippen molar-refractivity contribution < 1.29 is 9.59 Å². The van der Waals surface area contributed by atoms with Gasteiger partial charge in [-0.05, 0) is 12.2 Å². The maximum atomic E-state index is 11.9. The van der Waals surface area contributed by atoms with E-state index in [1.807, 2.05) is 13.8 Å². The number of likely N-dealkylation sites (N-methyl/N-ethyl adjacent to an activating group) is 1. The van der Waals surface area contributed by atoms with E-state index in [1.54, 1.807) is 30.6 Å². The van der Waals surface area contributed by atoms with Crippen molar-refractivity contribution in [3.63, 3.8) is 0 Å². The van der Waals surface area contributed by atoms with Crippen LogP contribution in [0.2, 0.25) is 0 Å². The smallest absolute Gasteiger partial charge is 0.223 e. The molecular weight excluding hydrogens is 234 g/mol. The predicted molar refractivity (Wildman–Crippen MR) is 74.3 cm³/mol. The first-order valence-electron chi connectivity index (χ1n) is 6.18. The first-order chi connectivity index (χ1) is 7.77. The van der Waals surface area contributed by atoms with E-state index in [1.165, 1.54) is 0 Å². The Morgan fingerprint density at radius 1 is 1.12 bits per heavy atom. The van der Waals surface area contributed by atoms with Gasteiger partial charge in [-0.25, -0.2) is 0 Å². The van der Waals surface area contributed by atoms with E-state index in [2.05, 4.69) is 13.8 Å².